The molecule has 0 atom stereocenters. The molecule has 5 aromatic rings. The second-order valence-electron chi connectivity index (χ2n) is 6.46. The Balaban J connectivity index is 1.81. The van der Waals surface area contributed by atoms with Crippen molar-refractivity contribution >= 4 is 32.8 Å². The molecule has 0 bridgehead atoms. The van der Waals surface area contributed by atoms with Crippen LogP contribution in [0.5, 0.6) is 0 Å². The zero-order valence-electron chi connectivity index (χ0n) is 14.4. The van der Waals surface area contributed by atoms with Gasteiger partial charge in [0.2, 0.25) is 0 Å². The Labute approximate surface area is 150 Å². The SMILES string of the molecule is CCn1c2ccccc2c2cc(-c3cc(=O)c4ccccc4o3)ccc21. The first kappa shape index (κ1) is 15.0. The number of rotatable bonds is 2. The van der Waals surface area contributed by atoms with Crippen LogP contribution in [0.15, 0.2) is 82.0 Å². The van der Waals surface area contributed by atoms with Gasteiger partial charge in [0.15, 0.2) is 5.43 Å². The molecule has 3 heteroatoms. The van der Waals surface area contributed by atoms with Crippen molar-refractivity contribution in [1.29, 1.82) is 0 Å². The van der Waals surface area contributed by atoms with Crippen molar-refractivity contribution in [3.63, 3.8) is 0 Å². The van der Waals surface area contributed by atoms with E-state index in [2.05, 4.69) is 47.9 Å². The van der Waals surface area contributed by atoms with Crippen molar-refractivity contribution in [2.24, 2.45) is 0 Å². The van der Waals surface area contributed by atoms with Crippen molar-refractivity contribution < 1.29 is 4.42 Å². The summed E-state index contributed by atoms with van der Waals surface area (Å²) >= 11 is 0. The molecular formula is C23H17NO2. The third kappa shape index (κ3) is 2.10. The average molecular weight is 339 g/mol. The summed E-state index contributed by atoms with van der Waals surface area (Å²) < 4.78 is 8.33. The van der Waals surface area contributed by atoms with E-state index in [4.69, 9.17) is 4.42 Å². The highest BCUT2D eigenvalue weighted by atomic mass is 16.3. The van der Waals surface area contributed by atoms with E-state index >= 15 is 0 Å². The molecule has 0 amide bonds. The first-order chi connectivity index (χ1) is 12.8. The maximum Gasteiger partial charge on any atom is 0.193 e. The van der Waals surface area contributed by atoms with Crippen molar-refractivity contribution in [3.8, 4) is 11.3 Å². The molecule has 0 saturated carbocycles. The van der Waals surface area contributed by atoms with Crippen LogP contribution in [0, 0.1) is 0 Å². The summed E-state index contributed by atoms with van der Waals surface area (Å²) in [7, 11) is 0. The predicted octanol–water partition coefficient (Wildman–Crippen LogP) is 5.59. The second-order valence-corrected chi connectivity index (χ2v) is 6.46. The summed E-state index contributed by atoms with van der Waals surface area (Å²) in [6, 6.07) is 23.6. The number of benzene rings is 3. The monoisotopic (exact) mass is 339 g/mol. The molecule has 2 aromatic heterocycles. The lowest BCUT2D eigenvalue weighted by molar-refractivity contribution is 0.619. The van der Waals surface area contributed by atoms with E-state index in [0.29, 0.717) is 16.7 Å². The molecule has 3 aromatic carbocycles. The van der Waals surface area contributed by atoms with Gasteiger partial charge < -0.3 is 8.98 Å². The summed E-state index contributed by atoms with van der Waals surface area (Å²) in [5.74, 6) is 0.601. The largest absolute Gasteiger partial charge is 0.456 e. The van der Waals surface area contributed by atoms with E-state index in [1.165, 1.54) is 21.8 Å². The van der Waals surface area contributed by atoms with Crippen molar-refractivity contribution in [2.45, 2.75) is 13.5 Å². The Kier molecular flexibility index (Phi) is 3.22. The number of nitrogens with zero attached hydrogens (tertiary/aromatic N) is 1. The number of hydrogen-bond acceptors (Lipinski definition) is 2. The van der Waals surface area contributed by atoms with E-state index < -0.39 is 0 Å². The smallest absolute Gasteiger partial charge is 0.193 e. The van der Waals surface area contributed by atoms with E-state index in [1.807, 2.05) is 24.3 Å². The minimum atomic E-state index is -0.0158. The fraction of sp³-hybridized carbons (Fsp3) is 0.0870. The molecule has 0 fully saturated rings. The molecule has 0 N–H and O–H groups in total. The molecule has 0 aliphatic carbocycles. The lowest BCUT2D eigenvalue weighted by Crippen LogP contribution is -1.99. The molecule has 26 heavy (non-hydrogen) atoms. The Hall–Kier alpha value is -3.33. The fourth-order valence-electron chi connectivity index (χ4n) is 3.79. The van der Waals surface area contributed by atoms with E-state index in [9.17, 15) is 4.79 Å². The van der Waals surface area contributed by atoms with Crippen LogP contribution >= 0.6 is 0 Å². The van der Waals surface area contributed by atoms with Crippen LogP contribution in [0.2, 0.25) is 0 Å². The highest BCUT2D eigenvalue weighted by Gasteiger charge is 2.12. The van der Waals surface area contributed by atoms with Crippen molar-refractivity contribution in [2.75, 3.05) is 0 Å². The average Bonchev–Trinajstić information content (AvgIpc) is 3.01. The maximum absolute atomic E-state index is 12.4. The third-order valence-electron chi connectivity index (χ3n) is 5.01. The van der Waals surface area contributed by atoms with Gasteiger partial charge in [0, 0.05) is 40.0 Å². The van der Waals surface area contributed by atoms with Crippen LogP contribution in [0.25, 0.3) is 44.1 Å². The molecule has 0 unspecified atom stereocenters. The van der Waals surface area contributed by atoms with Crippen molar-refractivity contribution in [3.05, 3.63) is 83.0 Å². The summed E-state index contributed by atoms with van der Waals surface area (Å²) in [5.41, 5.74) is 3.94. The molecule has 3 nitrogen and oxygen atoms in total. The molecule has 0 radical (unpaired) electrons. The van der Waals surface area contributed by atoms with Gasteiger partial charge in [-0.05, 0) is 43.3 Å². The van der Waals surface area contributed by atoms with Crippen LogP contribution in [0.1, 0.15) is 6.92 Å². The number of aryl methyl sites for hydroxylation is 1. The lowest BCUT2D eigenvalue weighted by Gasteiger charge is -2.05. The van der Waals surface area contributed by atoms with E-state index in [-0.39, 0.29) is 5.43 Å². The maximum atomic E-state index is 12.4. The molecule has 0 spiro atoms. The quantitative estimate of drug-likeness (QED) is 0.420. The second kappa shape index (κ2) is 5.60. The Morgan fingerprint density at radius 3 is 2.38 bits per heavy atom. The summed E-state index contributed by atoms with van der Waals surface area (Å²) in [6.45, 7) is 3.07. The summed E-state index contributed by atoms with van der Waals surface area (Å²) in [6.07, 6.45) is 0. The van der Waals surface area contributed by atoms with Gasteiger partial charge in [0.1, 0.15) is 11.3 Å². The molecular weight excluding hydrogens is 322 g/mol. The zero-order valence-corrected chi connectivity index (χ0v) is 14.4. The van der Waals surface area contributed by atoms with Crippen LogP contribution in [0.3, 0.4) is 0 Å². The van der Waals surface area contributed by atoms with E-state index in [0.717, 1.165) is 12.1 Å². The van der Waals surface area contributed by atoms with Crippen LogP contribution < -0.4 is 5.43 Å². The van der Waals surface area contributed by atoms with Crippen LogP contribution in [-0.2, 0) is 6.54 Å². The molecule has 5 rings (SSSR count). The molecule has 126 valence electrons. The van der Waals surface area contributed by atoms with Gasteiger partial charge in [0.25, 0.3) is 0 Å². The van der Waals surface area contributed by atoms with Gasteiger partial charge in [-0.15, -0.1) is 0 Å². The first-order valence-corrected chi connectivity index (χ1v) is 8.80. The zero-order chi connectivity index (χ0) is 17.7. The standard InChI is InChI=1S/C23H17NO2/c1-2-24-19-9-5-3-7-16(19)18-13-15(11-12-20(18)24)23-14-21(25)17-8-4-6-10-22(17)26-23/h3-14H,2H2,1H3. The van der Waals surface area contributed by atoms with Gasteiger partial charge in [-0.3, -0.25) is 4.79 Å². The number of aromatic nitrogens is 1. The van der Waals surface area contributed by atoms with E-state index in [1.54, 1.807) is 12.1 Å². The Morgan fingerprint density at radius 2 is 1.54 bits per heavy atom. The predicted molar refractivity (Wildman–Crippen MR) is 107 cm³/mol. The Morgan fingerprint density at radius 1 is 0.808 bits per heavy atom. The highest BCUT2D eigenvalue weighted by molar-refractivity contribution is 6.09. The normalized spacial score (nSPS) is 11.6. The minimum absolute atomic E-state index is 0.0158. The first-order valence-electron chi connectivity index (χ1n) is 8.80. The minimum Gasteiger partial charge on any atom is -0.456 e. The molecule has 0 aliphatic heterocycles. The fourth-order valence-corrected chi connectivity index (χ4v) is 3.79. The Bertz CT molecular complexity index is 1340. The van der Waals surface area contributed by atoms with Gasteiger partial charge in [-0.1, -0.05) is 30.3 Å². The number of para-hydroxylation sites is 2. The highest BCUT2D eigenvalue weighted by Crippen LogP contribution is 2.32. The van der Waals surface area contributed by atoms with Gasteiger partial charge in [0.05, 0.1) is 5.39 Å². The topological polar surface area (TPSA) is 35.1 Å². The van der Waals surface area contributed by atoms with Crippen molar-refractivity contribution in [1.82, 2.24) is 4.57 Å². The summed E-state index contributed by atoms with van der Waals surface area (Å²) in [5, 5.41) is 3.00. The lowest BCUT2D eigenvalue weighted by atomic mass is 10.1. The van der Waals surface area contributed by atoms with Gasteiger partial charge >= 0.3 is 0 Å². The van der Waals surface area contributed by atoms with Gasteiger partial charge in [-0.25, -0.2) is 0 Å². The number of hydrogen-bond donors (Lipinski definition) is 0. The van der Waals surface area contributed by atoms with Crippen LogP contribution in [-0.4, -0.2) is 4.57 Å². The molecule has 0 aliphatic rings. The van der Waals surface area contributed by atoms with Crippen LogP contribution in [0.4, 0.5) is 0 Å². The number of fused-ring (bicyclic) bond motifs is 4. The third-order valence-corrected chi connectivity index (χ3v) is 5.01. The van der Waals surface area contributed by atoms with Gasteiger partial charge in [-0.2, -0.15) is 0 Å². The molecule has 0 saturated heterocycles. The summed E-state index contributed by atoms with van der Waals surface area (Å²) in [4.78, 5) is 12.4. The molecule has 2 heterocycles.